The van der Waals surface area contributed by atoms with E-state index < -0.39 is 5.97 Å². The van der Waals surface area contributed by atoms with Crippen molar-refractivity contribution in [3.63, 3.8) is 0 Å². The molecule has 0 fully saturated rings. The molecule has 0 aromatic heterocycles. The molecular formula is C18H34O2. The zero-order chi connectivity index (χ0) is 15.1. The monoisotopic (exact) mass is 282 g/mol. The van der Waals surface area contributed by atoms with Crippen LogP contribution in [0.1, 0.15) is 90.9 Å². The molecule has 0 radical (unpaired) electrons. The molecule has 0 amide bonds. The maximum Gasteiger partial charge on any atom is 0.303 e. The van der Waals surface area contributed by atoms with Crippen LogP contribution in [0.5, 0.6) is 0 Å². The highest BCUT2D eigenvalue weighted by atomic mass is 16.4. The van der Waals surface area contributed by atoms with E-state index in [1.54, 1.807) is 0 Å². The molecule has 0 atom stereocenters. The molecule has 2 nitrogen and oxygen atoms in total. The van der Waals surface area contributed by atoms with E-state index in [0.717, 1.165) is 18.8 Å². The van der Waals surface area contributed by atoms with Crippen molar-refractivity contribution in [1.29, 1.82) is 0 Å². The minimum Gasteiger partial charge on any atom is -0.481 e. The highest BCUT2D eigenvalue weighted by molar-refractivity contribution is 5.66. The normalized spacial score (nSPS) is 11.6. The van der Waals surface area contributed by atoms with Gasteiger partial charge in [0.25, 0.3) is 0 Å². The maximum absolute atomic E-state index is 10.3. The summed E-state index contributed by atoms with van der Waals surface area (Å²) in [5.74, 6) is 0.154. The van der Waals surface area contributed by atoms with Crippen molar-refractivity contribution >= 4 is 5.97 Å². The lowest BCUT2D eigenvalue weighted by molar-refractivity contribution is -0.137. The smallest absolute Gasteiger partial charge is 0.303 e. The molecule has 0 spiro atoms. The number of carbonyl (C=O) groups is 1. The van der Waals surface area contributed by atoms with E-state index >= 15 is 0 Å². The summed E-state index contributed by atoms with van der Waals surface area (Å²) in [6, 6.07) is 0. The summed E-state index contributed by atoms with van der Waals surface area (Å²) in [5, 5.41) is 8.51. The van der Waals surface area contributed by atoms with Crippen molar-refractivity contribution < 1.29 is 9.90 Å². The van der Waals surface area contributed by atoms with Gasteiger partial charge in [0.2, 0.25) is 0 Å². The maximum atomic E-state index is 10.3. The van der Waals surface area contributed by atoms with Crippen molar-refractivity contribution in [2.45, 2.75) is 90.9 Å². The van der Waals surface area contributed by atoms with Crippen LogP contribution in [0.3, 0.4) is 0 Å². The highest BCUT2D eigenvalue weighted by Gasteiger charge is 1.96. The second-order valence-electron chi connectivity index (χ2n) is 6.20. The molecule has 0 heterocycles. The van der Waals surface area contributed by atoms with Gasteiger partial charge in [0, 0.05) is 6.42 Å². The van der Waals surface area contributed by atoms with Crippen molar-refractivity contribution in [2.75, 3.05) is 0 Å². The molecule has 0 aliphatic rings. The Bertz CT molecular complexity index is 244. The van der Waals surface area contributed by atoms with Crippen molar-refractivity contribution in [2.24, 2.45) is 5.92 Å². The van der Waals surface area contributed by atoms with Gasteiger partial charge in [-0.1, -0.05) is 64.5 Å². The molecule has 0 saturated carbocycles. The zero-order valence-electron chi connectivity index (χ0n) is 13.6. The standard InChI is InChI=1S/C18H34O2/c1-17(2)15-13-11-9-7-5-3-4-6-8-10-12-14-16-18(19)20/h9,11,17H,3-8,10,12-16H2,1-2H3,(H,19,20). The number of unbranched alkanes of at least 4 members (excludes halogenated alkanes) is 8. The summed E-state index contributed by atoms with van der Waals surface area (Å²) in [6.45, 7) is 4.55. The van der Waals surface area contributed by atoms with E-state index in [1.807, 2.05) is 0 Å². The Morgan fingerprint density at radius 3 is 1.90 bits per heavy atom. The largest absolute Gasteiger partial charge is 0.481 e. The summed E-state index contributed by atoms with van der Waals surface area (Å²) in [7, 11) is 0. The fourth-order valence-electron chi connectivity index (χ4n) is 2.26. The van der Waals surface area contributed by atoms with Gasteiger partial charge in [0.1, 0.15) is 0 Å². The molecule has 0 bridgehead atoms. The third kappa shape index (κ3) is 17.2. The van der Waals surface area contributed by atoms with Crippen LogP contribution < -0.4 is 0 Å². The average Bonchev–Trinajstić information content (AvgIpc) is 2.38. The van der Waals surface area contributed by atoms with Gasteiger partial charge in [-0.15, -0.1) is 0 Å². The second-order valence-corrected chi connectivity index (χ2v) is 6.20. The van der Waals surface area contributed by atoms with E-state index in [4.69, 9.17) is 5.11 Å². The number of aliphatic carboxylic acids is 1. The summed E-state index contributed by atoms with van der Waals surface area (Å²) in [4.78, 5) is 10.3. The number of allylic oxidation sites excluding steroid dienone is 2. The van der Waals surface area contributed by atoms with Crippen LogP contribution in [-0.4, -0.2) is 11.1 Å². The minimum atomic E-state index is -0.661. The Kier molecular flexibility index (Phi) is 14.0. The molecule has 1 N–H and O–H groups in total. The molecule has 118 valence electrons. The first-order valence-electron chi connectivity index (χ1n) is 8.49. The number of carboxylic acids is 1. The van der Waals surface area contributed by atoms with Gasteiger partial charge in [-0.2, -0.15) is 0 Å². The van der Waals surface area contributed by atoms with E-state index in [9.17, 15) is 4.79 Å². The third-order valence-corrected chi connectivity index (χ3v) is 3.59. The van der Waals surface area contributed by atoms with Gasteiger partial charge >= 0.3 is 5.97 Å². The summed E-state index contributed by atoms with van der Waals surface area (Å²) in [6.07, 6.45) is 18.5. The Morgan fingerprint density at radius 2 is 1.35 bits per heavy atom. The predicted octanol–water partition coefficient (Wildman–Crippen LogP) is 5.96. The van der Waals surface area contributed by atoms with Crippen LogP contribution in [0.2, 0.25) is 0 Å². The lowest BCUT2D eigenvalue weighted by Crippen LogP contribution is -1.93. The first kappa shape index (κ1) is 19.2. The van der Waals surface area contributed by atoms with Gasteiger partial charge in [-0.25, -0.2) is 0 Å². The molecule has 2 heteroatoms. The van der Waals surface area contributed by atoms with Crippen molar-refractivity contribution in [1.82, 2.24) is 0 Å². The van der Waals surface area contributed by atoms with Crippen LogP contribution in [0.4, 0.5) is 0 Å². The first-order valence-corrected chi connectivity index (χ1v) is 8.49. The molecule has 0 saturated heterocycles. The Labute approximate surface area is 125 Å². The molecular weight excluding hydrogens is 248 g/mol. The minimum absolute atomic E-state index is 0.336. The average molecular weight is 282 g/mol. The van der Waals surface area contributed by atoms with Gasteiger partial charge in [-0.05, 0) is 38.0 Å². The summed E-state index contributed by atoms with van der Waals surface area (Å²) in [5.41, 5.74) is 0. The topological polar surface area (TPSA) is 37.3 Å². The van der Waals surface area contributed by atoms with Crippen LogP contribution in [0.15, 0.2) is 12.2 Å². The van der Waals surface area contributed by atoms with Gasteiger partial charge in [0.15, 0.2) is 0 Å². The fraction of sp³-hybridized carbons (Fsp3) is 0.833. The summed E-state index contributed by atoms with van der Waals surface area (Å²) >= 11 is 0. The third-order valence-electron chi connectivity index (χ3n) is 3.59. The molecule has 0 aromatic rings. The number of hydrogen-bond donors (Lipinski definition) is 1. The van der Waals surface area contributed by atoms with E-state index in [1.165, 1.54) is 57.8 Å². The summed E-state index contributed by atoms with van der Waals surface area (Å²) < 4.78 is 0. The lowest BCUT2D eigenvalue weighted by atomic mass is 10.1. The Hall–Kier alpha value is -0.790. The fourth-order valence-corrected chi connectivity index (χ4v) is 2.26. The van der Waals surface area contributed by atoms with Crippen LogP contribution >= 0.6 is 0 Å². The van der Waals surface area contributed by atoms with Gasteiger partial charge < -0.3 is 5.11 Å². The molecule has 0 aliphatic carbocycles. The second kappa shape index (κ2) is 14.6. The number of rotatable bonds is 14. The first-order chi connectivity index (χ1) is 9.63. The quantitative estimate of drug-likeness (QED) is 0.315. The zero-order valence-corrected chi connectivity index (χ0v) is 13.6. The van der Waals surface area contributed by atoms with Crippen molar-refractivity contribution in [3.8, 4) is 0 Å². The molecule has 0 aliphatic heterocycles. The van der Waals surface area contributed by atoms with Crippen LogP contribution in [0, 0.1) is 5.92 Å². The molecule has 0 aromatic carbocycles. The van der Waals surface area contributed by atoms with Crippen LogP contribution in [-0.2, 0) is 4.79 Å². The van der Waals surface area contributed by atoms with E-state index in [0.29, 0.717) is 6.42 Å². The van der Waals surface area contributed by atoms with E-state index in [2.05, 4.69) is 26.0 Å². The number of carboxylic acid groups (broad SMARTS) is 1. The van der Waals surface area contributed by atoms with Crippen LogP contribution in [0.25, 0.3) is 0 Å². The Morgan fingerprint density at radius 1 is 0.850 bits per heavy atom. The van der Waals surface area contributed by atoms with Gasteiger partial charge in [-0.3, -0.25) is 4.79 Å². The molecule has 0 unspecified atom stereocenters. The highest BCUT2D eigenvalue weighted by Crippen LogP contribution is 2.11. The molecule has 20 heavy (non-hydrogen) atoms. The molecule has 0 rings (SSSR count). The predicted molar refractivity (Wildman–Crippen MR) is 87.0 cm³/mol. The van der Waals surface area contributed by atoms with E-state index in [-0.39, 0.29) is 0 Å². The Balaban J connectivity index is 3.07. The SMILES string of the molecule is CC(C)CCC=CCCCCCCCCCCC(=O)O. The van der Waals surface area contributed by atoms with Crippen molar-refractivity contribution in [3.05, 3.63) is 12.2 Å². The van der Waals surface area contributed by atoms with Gasteiger partial charge in [0.05, 0.1) is 0 Å². The number of hydrogen-bond acceptors (Lipinski definition) is 1. The lowest BCUT2D eigenvalue weighted by Gasteiger charge is -2.01.